The molecule has 1 aliphatic heterocycles. The number of ether oxygens (including phenoxy) is 3. The van der Waals surface area contributed by atoms with E-state index in [0.29, 0.717) is 10.5 Å². The molecule has 0 bridgehead atoms. The number of nitrogens with one attached hydrogen (secondary N) is 1. The summed E-state index contributed by atoms with van der Waals surface area (Å²) in [6, 6.07) is 10.6. The quantitative estimate of drug-likeness (QED) is 0.231. The molecule has 12 nitrogen and oxygen atoms in total. The van der Waals surface area contributed by atoms with E-state index >= 15 is 0 Å². The summed E-state index contributed by atoms with van der Waals surface area (Å²) in [5.41, 5.74) is -0.418. The number of likely N-dealkylation sites (tertiary alicyclic amines) is 1. The van der Waals surface area contributed by atoms with E-state index in [1.165, 1.54) is 12.3 Å². The van der Waals surface area contributed by atoms with Crippen molar-refractivity contribution >= 4 is 35.9 Å². The van der Waals surface area contributed by atoms with Crippen LogP contribution in [0.25, 0.3) is 0 Å². The smallest absolute Gasteiger partial charge is 0.425 e. The van der Waals surface area contributed by atoms with Crippen LogP contribution < -0.4 is 10.2 Å². The number of carbonyl (C=O) groups excluding carboxylic acids is 5. The Morgan fingerprint density at radius 3 is 2.11 bits per heavy atom. The molecule has 3 rings (SSSR count). The number of amides is 5. The summed E-state index contributed by atoms with van der Waals surface area (Å²) in [5, 5.41) is 2.83. The van der Waals surface area contributed by atoms with Crippen molar-refractivity contribution < 1.29 is 38.2 Å². The molecule has 1 N–H and O–H groups in total. The van der Waals surface area contributed by atoms with Crippen molar-refractivity contribution in [3.05, 3.63) is 59.8 Å². The standard InChI is InChI=1S/C32H42N4O8/c1-9-42-26(37)19-24-23(27(38)35(24)28(39)34-20(2)22-13-11-10-12-14-22)17-21-15-16-33-25(18-21)36(29(40)43-31(3,4)5)30(41)44-32(6,7)8/h10-16,18,20,23-24H,9,17,19H2,1-8H3,(H,34,39)/t20-,23-,24-/m1/s1. The number of hydrogen-bond donors (Lipinski definition) is 1. The largest absolute Gasteiger partial charge is 0.466 e. The summed E-state index contributed by atoms with van der Waals surface area (Å²) in [4.78, 5) is 71.2. The minimum atomic E-state index is -0.980. The van der Waals surface area contributed by atoms with Gasteiger partial charge in [0, 0.05) is 6.20 Å². The Balaban J connectivity index is 1.86. The first-order valence-corrected chi connectivity index (χ1v) is 14.6. The van der Waals surface area contributed by atoms with Gasteiger partial charge >= 0.3 is 24.2 Å². The minimum Gasteiger partial charge on any atom is -0.466 e. The number of benzene rings is 1. The first-order valence-electron chi connectivity index (χ1n) is 14.6. The van der Waals surface area contributed by atoms with Gasteiger partial charge in [-0.2, -0.15) is 4.90 Å². The number of anilines is 1. The van der Waals surface area contributed by atoms with Gasteiger partial charge < -0.3 is 19.5 Å². The molecular formula is C32H42N4O8. The van der Waals surface area contributed by atoms with Crippen LogP contribution >= 0.6 is 0 Å². The maximum Gasteiger partial charge on any atom is 0.425 e. The highest BCUT2D eigenvalue weighted by atomic mass is 16.6. The van der Waals surface area contributed by atoms with Crippen LogP contribution in [-0.2, 0) is 30.2 Å². The number of hydrogen-bond acceptors (Lipinski definition) is 9. The number of pyridine rings is 1. The van der Waals surface area contributed by atoms with Gasteiger partial charge in [-0.05, 0) is 85.1 Å². The van der Waals surface area contributed by atoms with Crippen LogP contribution in [0.3, 0.4) is 0 Å². The molecule has 44 heavy (non-hydrogen) atoms. The van der Waals surface area contributed by atoms with Crippen molar-refractivity contribution in [1.82, 2.24) is 15.2 Å². The van der Waals surface area contributed by atoms with E-state index in [1.54, 1.807) is 61.5 Å². The zero-order valence-electron chi connectivity index (χ0n) is 26.6. The summed E-state index contributed by atoms with van der Waals surface area (Å²) < 4.78 is 16.0. The van der Waals surface area contributed by atoms with E-state index in [2.05, 4.69) is 10.3 Å². The number of aromatic nitrogens is 1. The molecule has 1 aromatic heterocycles. The van der Waals surface area contributed by atoms with Gasteiger partial charge in [0.15, 0.2) is 0 Å². The van der Waals surface area contributed by atoms with Crippen molar-refractivity contribution in [1.29, 1.82) is 0 Å². The van der Waals surface area contributed by atoms with Crippen LogP contribution in [0.4, 0.5) is 20.2 Å². The maximum atomic E-state index is 13.4. The monoisotopic (exact) mass is 610 g/mol. The highest BCUT2D eigenvalue weighted by Crippen LogP contribution is 2.34. The fourth-order valence-electron chi connectivity index (χ4n) is 4.62. The van der Waals surface area contributed by atoms with Crippen molar-refractivity contribution in [3.8, 4) is 0 Å². The number of urea groups is 1. The predicted molar refractivity (Wildman–Crippen MR) is 162 cm³/mol. The molecule has 0 radical (unpaired) electrons. The normalized spacial score (nSPS) is 17.2. The average Bonchev–Trinajstić information content (AvgIpc) is 2.90. The zero-order valence-corrected chi connectivity index (χ0v) is 26.6. The topological polar surface area (TPSA) is 144 Å². The molecule has 3 atom stereocenters. The second-order valence-corrected chi connectivity index (χ2v) is 12.5. The van der Waals surface area contributed by atoms with Crippen LogP contribution in [0.15, 0.2) is 48.7 Å². The van der Waals surface area contributed by atoms with Crippen molar-refractivity contribution in [3.63, 3.8) is 0 Å². The first-order chi connectivity index (χ1) is 20.5. The lowest BCUT2D eigenvalue weighted by atomic mass is 9.81. The molecular weight excluding hydrogens is 568 g/mol. The molecule has 1 saturated heterocycles. The van der Waals surface area contributed by atoms with Gasteiger partial charge in [-0.15, -0.1) is 0 Å². The second-order valence-electron chi connectivity index (χ2n) is 12.5. The first kappa shape index (κ1) is 34.0. The summed E-state index contributed by atoms with van der Waals surface area (Å²) in [5.74, 6) is -1.82. The third-order valence-corrected chi connectivity index (χ3v) is 6.54. The van der Waals surface area contributed by atoms with E-state index < -0.39 is 53.3 Å². The van der Waals surface area contributed by atoms with Gasteiger partial charge in [0.05, 0.1) is 31.0 Å². The number of imide groups is 2. The Morgan fingerprint density at radius 1 is 0.977 bits per heavy atom. The molecule has 238 valence electrons. The lowest BCUT2D eigenvalue weighted by Gasteiger charge is -2.45. The van der Waals surface area contributed by atoms with Crippen LogP contribution in [0, 0.1) is 5.92 Å². The van der Waals surface area contributed by atoms with Crippen molar-refractivity contribution in [2.75, 3.05) is 11.5 Å². The molecule has 0 saturated carbocycles. The third-order valence-electron chi connectivity index (χ3n) is 6.54. The molecule has 0 spiro atoms. The van der Waals surface area contributed by atoms with Crippen LogP contribution in [0.2, 0.25) is 0 Å². The lowest BCUT2D eigenvalue weighted by molar-refractivity contribution is -0.156. The highest BCUT2D eigenvalue weighted by Gasteiger charge is 2.51. The number of β-lactam (4-membered cyclic amide) rings is 1. The van der Waals surface area contributed by atoms with Gasteiger partial charge in [0.2, 0.25) is 5.91 Å². The summed E-state index contributed by atoms with van der Waals surface area (Å²) in [6.07, 6.45) is -0.648. The van der Waals surface area contributed by atoms with E-state index in [9.17, 15) is 24.0 Å². The SMILES string of the molecule is CCOC(=O)C[C@@H]1[C@@H](Cc2ccnc(N(C(=O)OC(C)(C)C)C(=O)OC(C)(C)C)c2)C(=O)N1C(=O)N[C@H](C)c1ccccc1. The number of nitrogens with zero attached hydrogens (tertiary/aromatic N) is 3. The molecule has 0 aliphatic carbocycles. The fourth-order valence-corrected chi connectivity index (χ4v) is 4.62. The molecule has 5 amide bonds. The number of esters is 1. The maximum absolute atomic E-state index is 13.4. The van der Waals surface area contributed by atoms with Crippen LogP contribution in [0.5, 0.6) is 0 Å². The Hall–Kier alpha value is -4.48. The number of rotatable bonds is 8. The molecule has 0 unspecified atom stereocenters. The molecule has 12 heteroatoms. The van der Waals surface area contributed by atoms with Crippen LogP contribution in [-0.4, -0.2) is 63.8 Å². The van der Waals surface area contributed by atoms with Gasteiger partial charge in [-0.3, -0.25) is 14.5 Å². The lowest BCUT2D eigenvalue weighted by Crippen LogP contribution is -2.66. The predicted octanol–water partition coefficient (Wildman–Crippen LogP) is 5.55. The van der Waals surface area contributed by atoms with E-state index in [4.69, 9.17) is 14.2 Å². The molecule has 2 heterocycles. The molecule has 2 aromatic rings. The Bertz CT molecular complexity index is 1340. The Labute approximate surface area is 258 Å². The van der Waals surface area contributed by atoms with Crippen molar-refractivity contribution in [2.24, 2.45) is 5.92 Å². The summed E-state index contributed by atoms with van der Waals surface area (Å²) in [6.45, 7) is 13.6. The third kappa shape index (κ3) is 9.01. The zero-order chi connectivity index (χ0) is 32.8. The van der Waals surface area contributed by atoms with E-state index in [-0.39, 0.29) is 31.3 Å². The average molecular weight is 611 g/mol. The molecule has 1 fully saturated rings. The van der Waals surface area contributed by atoms with E-state index in [0.717, 1.165) is 10.5 Å². The van der Waals surface area contributed by atoms with Gasteiger partial charge in [-0.1, -0.05) is 30.3 Å². The number of carbonyl (C=O) groups is 5. The Kier molecular flexibility index (Phi) is 10.7. The van der Waals surface area contributed by atoms with Crippen LogP contribution in [0.1, 0.15) is 79.0 Å². The molecule has 1 aromatic carbocycles. The summed E-state index contributed by atoms with van der Waals surface area (Å²) in [7, 11) is 0. The van der Waals surface area contributed by atoms with Crippen molar-refractivity contribution in [2.45, 2.75) is 91.5 Å². The fraction of sp³-hybridized carbons (Fsp3) is 0.500. The molecule has 1 aliphatic rings. The van der Waals surface area contributed by atoms with Gasteiger partial charge in [-0.25, -0.2) is 19.4 Å². The van der Waals surface area contributed by atoms with Gasteiger partial charge in [0.1, 0.15) is 17.0 Å². The minimum absolute atomic E-state index is 0.0639. The van der Waals surface area contributed by atoms with E-state index in [1.807, 2.05) is 30.3 Å². The van der Waals surface area contributed by atoms with Gasteiger partial charge in [0.25, 0.3) is 0 Å². The highest BCUT2D eigenvalue weighted by molar-refractivity contribution is 6.08. The second kappa shape index (κ2) is 13.9. The Morgan fingerprint density at radius 2 is 1.57 bits per heavy atom. The summed E-state index contributed by atoms with van der Waals surface area (Å²) >= 11 is 0.